The number of amides is 1. The maximum Gasteiger partial charge on any atom is 0.391 e. The molecule has 0 spiro atoms. The Labute approximate surface area is 126 Å². The normalized spacial score (nSPS) is 13.2. The highest BCUT2D eigenvalue weighted by atomic mass is 19.4. The average molecular weight is 327 g/mol. The van der Waals surface area contributed by atoms with Gasteiger partial charge in [-0.05, 0) is 26.7 Å². The van der Waals surface area contributed by atoms with Crippen molar-refractivity contribution in [2.75, 3.05) is 13.2 Å². The first-order chi connectivity index (χ1) is 10.2. The number of carbonyl (C=O) groups is 3. The van der Waals surface area contributed by atoms with Gasteiger partial charge in [0.1, 0.15) is 0 Å². The molecule has 0 aliphatic carbocycles. The Morgan fingerprint density at radius 3 is 1.91 bits per heavy atom. The highest BCUT2D eigenvalue weighted by Crippen LogP contribution is 2.31. The smallest absolute Gasteiger partial charge is 0.391 e. The zero-order valence-corrected chi connectivity index (χ0v) is 12.7. The van der Waals surface area contributed by atoms with Crippen LogP contribution in [0.15, 0.2) is 0 Å². The Morgan fingerprint density at radius 1 is 1.14 bits per heavy atom. The molecular formula is C13H20F3NO5. The Bertz CT molecular complexity index is 380. The number of hydrogen-bond donors (Lipinski definition) is 1. The summed E-state index contributed by atoms with van der Waals surface area (Å²) in [4.78, 5) is 34.7. The lowest BCUT2D eigenvalue weighted by Gasteiger charge is -2.29. The third-order valence-electron chi connectivity index (χ3n) is 3.06. The third-order valence-corrected chi connectivity index (χ3v) is 3.06. The van der Waals surface area contributed by atoms with Crippen molar-refractivity contribution in [3.63, 3.8) is 0 Å². The Balaban J connectivity index is 5.39. The Morgan fingerprint density at radius 2 is 1.59 bits per heavy atom. The minimum atomic E-state index is -4.48. The molecule has 0 saturated carbocycles. The molecule has 0 saturated heterocycles. The highest BCUT2D eigenvalue weighted by molar-refractivity contribution is 6.06. The molecule has 6 nitrogen and oxygen atoms in total. The zero-order valence-electron chi connectivity index (χ0n) is 12.7. The van der Waals surface area contributed by atoms with Crippen LogP contribution in [0.2, 0.25) is 0 Å². The summed E-state index contributed by atoms with van der Waals surface area (Å²) in [5, 5.41) is 1.98. The largest absolute Gasteiger partial charge is 0.464 e. The maximum atomic E-state index is 12.6. The van der Waals surface area contributed by atoms with Gasteiger partial charge in [-0.15, -0.1) is 0 Å². The van der Waals surface area contributed by atoms with Gasteiger partial charge in [0, 0.05) is 0 Å². The Kier molecular flexibility index (Phi) is 7.89. The van der Waals surface area contributed by atoms with Crippen LogP contribution < -0.4 is 5.32 Å². The van der Waals surface area contributed by atoms with Gasteiger partial charge in [0.05, 0.1) is 19.1 Å². The Hall–Kier alpha value is -1.80. The molecular weight excluding hydrogens is 307 g/mol. The number of rotatable bonds is 9. The van der Waals surface area contributed by atoms with Crippen molar-refractivity contribution in [3.8, 4) is 0 Å². The van der Waals surface area contributed by atoms with Gasteiger partial charge in [0.25, 0.3) is 0 Å². The summed E-state index contributed by atoms with van der Waals surface area (Å²) in [6.07, 6.45) is -5.55. The minimum Gasteiger partial charge on any atom is -0.464 e. The minimum absolute atomic E-state index is 0.0616. The second-order valence-corrected chi connectivity index (χ2v) is 4.59. The molecule has 0 rings (SSSR count). The van der Waals surface area contributed by atoms with Gasteiger partial charge in [0.2, 0.25) is 11.9 Å². The first-order valence-corrected chi connectivity index (χ1v) is 6.78. The summed E-state index contributed by atoms with van der Waals surface area (Å²) in [5.74, 6) is -4.05. The monoisotopic (exact) mass is 327 g/mol. The molecule has 0 heterocycles. The standard InChI is InChI=1S/C13H20F3NO5/c1-4-21-10(19)12(17-8-18,11(20)22-5-2)7-6-9(3)13(14,15)16/h8-9H,4-7H2,1-3H3,(H,17,18)/t9-/m1/s1. The lowest BCUT2D eigenvalue weighted by molar-refractivity contribution is -0.178. The molecule has 0 radical (unpaired) electrons. The van der Waals surface area contributed by atoms with Crippen LogP contribution in [0, 0.1) is 5.92 Å². The van der Waals surface area contributed by atoms with E-state index in [2.05, 4.69) is 0 Å². The van der Waals surface area contributed by atoms with Crippen molar-refractivity contribution in [1.82, 2.24) is 5.32 Å². The van der Waals surface area contributed by atoms with E-state index >= 15 is 0 Å². The first kappa shape index (κ1) is 20.2. The van der Waals surface area contributed by atoms with Gasteiger partial charge >= 0.3 is 18.1 Å². The van der Waals surface area contributed by atoms with Gasteiger partial charge in [0.15, 0.2) is 0 Å². The van der Waals surface area contributed by atoms with E-state index < -0.39 is 42.4 Å². The van der Waals surface area contributed by atoms with E-state index in [9.17, 15) is 27.6 Å². The van der Waals surface area contributed by atoms with E-state index in [4.69, 9.17) is 9.47 Å². The van der Waals surface area contributed by atoms with Gasteiger partial charge in [-0.1, -0.05) is 6.92 Å². The number of halogens is 3. The van der Waals surface area contributed by atoms with Crippen molar-refractivity contribution in [2.45, 2.75) is 45.3 Å². The first-order valence-electron chi connectivity index (χ1n) is 6.78. The van der Waals surface area contributed by atoms with Crippen molar-refractivity contribution in [1.29, 1.82) is 0 Å². The van der Waals surface area contributed by atoms with Crippen molar-refractivity contribution in [3.05, 3.63) is 0 Å². The molecule has 0 bridgehead atoms. The van der Waals surface area contributed by atoms with E-state index in [1.165, 1.54) is 13.8 Å². The van der Waals surface area contributed by atoms with Crippen LogP contribution >= 0.6 is 0 Å². The fraction of sp³-hybridized carbons (Fsp3) is 0.769. The lowest BCUT2D eigenvalue weighted by Crippen LogP contribution is -2.59. The molecule has 0 aromatic rings. The number of esters is 2. The van der Waals surface area contributed by atoms with Crippen molar-refractivity contribution < 1.29 is 37.0 Å². The quantitative estimate of drug-likeness (QED) is 0.395. The molecule has 128 valence electrons. The van der Waals surface area contributed by atoms with Gasteiger partial charge in [-0.3, -0.25) is 4.79 Å². The molecule has 0 aliphatic rings. The predicted octanol–water partition coefficient (Wildman–Crippen LogP) is 1.58. The molecule has 0 aromatic heterocycles. The molecule has 0 unspecified atom stereocenters. The SMILES string of the molecule is CCOC(=O)C(CC[C@@H](C)C(F)(F)F)(NC=O)C(=O)OCC. The summed E-state index contributed by atoms with van der Waals surface area (Å²) in [6.45, 7) is 3.65. The fourth-order valence-electron chi connectivity index (χ4n) is 1.68. The summed E-state index contributed by atoms with van der Waals surface area (Å²) in [7, 11) is 0. The van der Waals surface area contributed by atoms with Crippen LogP contribution in [-0.2, 0) is 23.9 Å². The number of alkyl halides is 3. The van der Waals surface area contributed by atoms with Gasteiger partial charge in [-0.25, -0.2) is 9.59 Å². The third kappa shape index (κ3) is 5.19. The summed E-state index contributed by atoms with van der Waals surface area (Å²) in [5.41, 5.74) is -2.27. The summed E-state index contributed by atoms with van der Waals surface area (Å²) >= 11 is 0. The molecule has 0 aliphatic heterocycles. The molecule has 9 heteroatoms. The molecule has 22 heavy (non-hydrogen) atoms. The molecule has 0 aromatic carbocycles. The van der Waals surface area contributed by atoms with E-state index in [-0.39, 0.29) is 19.6 Å². The predicted molar refractivity (Wildman–Crippen MR) is 69.6 cm³/mol. The van der Waals surface area contributed by atoms with E-state index in [0.29, 0.717) is 0 Å². The second-order valence-electron chi connectivity index (χ2n) is 4.59. The van der Waals surface area contributed by atoms with Gasteiger partial charge in [-0.2, -0.15) is 13.2 Å². The topological polar surface area (TPSA) is 81.7 Å². The zero-order chi connectivity index (χ0) is 17.4. The molecule has 1 N–H and O–H groups in total. The molecule has 1 amide bonds. The van der Waals surface area contributed by atoms with Crippen LogP contribution in [0.25, 0.3) is 0 Å². The molecule has 1 atom stereocenters. The highest BCUT2D eigenvalue weighted by Gasteiger charge is 2.50. The van der Waals surface area contributed by atoms with Gasteiger partial charge < -0.3 is 14.8 Å². The van der Waals surface area contributed by atoms with Crippen molar-refractivity contribution >= 4 is 18.3 Å². The van der Waals surface area contributed by atoms with E-state index in [0.717, 1.165) is 6.92 Å². The molecule has 0 fully saturated rings. The van der Waals surface area contributed by atoms with Crippen LogP contribution in [-0.4, -0.2) is 43.3 Å². The summed E-state index contributed by atoms with van der Waals surface area (Å²) in [6, 6.07) is 0. The summed E-state index contributed by atoms with van der Waals surface area (Å²) < 4.78 is 47.2. The number of hydrogen-bond acceptors (Lipinski definition) is 5. The van der Waals surface area contributed by atoms with E-state index in [1.807, 2.05) is 5.32 Å². The van der Waals surface area contributed by atoms with E-state index in [1.54, 1.807) is 0 Å². The number of nitrogens with one attached hydrogen (secondary N) is 1. The second kappa shape index (κ2) is 8.60. The van der Waals surface area contributed by atoms with Crippen molar-refractivity contribution in [2.24, 2.45) is 5.92 Å². The maximum absolute atomic E-state index is 12.6. The average Bonchev–Trinajstić information content (AvgIpc) is 2.42. The van der Waals surface area contributed by atoms with Crippen LogP contribution in [0.5, 0.6) is 0 Å². The fourth-order valence-corrected chi connectivity index (χ4v) is 1.68. The van der Waals surface area contributed by atoms with Crippen LogP contribution in [0.3, 0.4) is 0 Å². The number of ether oxygens (including phenoxy) is 2. The lowest BCUT2D eigenvalue weighted by atomic mass is 9.89. The number of carbonyl (C=O) groups excluding carboxylic acids is 3. The van der Waals surface area contributed by atoms with Crippen LogP contribution in [0.1, 0.15) is 33.6 Å². The van der Waals surface area contributed by atoms with Crippen LogP contribution in [0.4, 0.5) is 13.2 Å².